The van der Waals surface area contributed by atoms with Crippen molar-refractivity contribution in [2.24, 2.45) is 10.7 Å². The van der Waals surface area contributed by atoms with Crippen LogP contribution in [0.2, 0.25) is 0 Å². The number of nitrogens with zero attached hydrogens (tertiary/aromatic N) is 1. The number of allylic oxidation sites excluding steroid dienone is 1. The minimum absolute atomic E-state index is 0.00793. The summed E-state index contributed by atoms with van der Waals surface area (Å²) in [6.07, 6.45) is 2.77. The van der Waals surface area contributed by atoms with Gasteiger partial charge in [-0.3, -0.25) is 0 Å². The Bertz CT molecular complexity index is 434. The zero-order valence-electron chi connectivity index (χ0n) is 11.3. The molecule has 0 aliphatic rings. The number of aliphatic imine (C=N–C) groups is 1. The molecule has 0 aromatic carbocycles. The van der Waals surface area contributed by atoms with E-state index in [9.17, 15) is 9.90 Å². The second kappa shape index (κ2) is 7.81. The molecule has 7 heteroatoms. The summed E-state index contributed by atoms with van der Waals surface area (Å²) < 4.78 is 10.9. The molecule has 0 bridgehead atoms. The molecular formula is C12H16N2O4V-2. The Hall–Kier alpha value is -1.53. The summed E-state index contributed by atoms with van der Waals surface area (Å²) in [5.41, 5.74) is 5.13. The first-order valence-electron chi connectivity index (χ1n) is 5.29. The first-order valence-corrected chi connectivity index (χ1v) is 6.10. The normalized spacial score (nSPS) is 13.9. The van der Waals surface area contributed by atoms with E-state index in [4.69, 9.17) is 10.5 Å². The van der Waals surface area contributed by atoms with Crippen LogP contribution in [-0.2, 0) is 31.2 Å². The molecule has 0 fully saturated rings. The SMILES string of the molecule is COC(=O)/C([CH]=[V])=C/C(N)=[C-]N=C([O-])OC(C)(C)C. The summed E-state index contributed by atoms with van der Waals surface area (Å²) in [6, 6.07) is 0. The standard InChI is InChI=1S/C12H17N2O4.V/c1-8(10(15)17-5)6-9(13)7-14-11(16)18-12(2,3)4;/h1,6H,13H2,2-5H3,(H,14,16);/q-1;/p-1/b8-6+;. The van der Waals surface area contributed by atoms with E-state index in [2.05, 4.69) is 32.9 Å². The molecule has 0 heterocycles. The molecule has 2 N–H and O–H groups in total. The van der Waals surface area contributed by atoms with Gasteiger partial charge in [-0.05, 0) is 0 Å². The van der Waals surface area contributed by atoms with Crippen molar-refractivity contribution in [2.45, 2.75) is 26.4 Å². The molecular weight excluding hydrogens is 287 g/mol. The van der Waals surface area contributed by atoms with Gasteiger partial charge in [0.1, 0.15) is 0 Å². The fraction of sp³-hybridized carbons (Fsp3) is 0.417. The molecule has 0 unspecified atom stereocenters. The molecule has 0 atom stereocenters. The number of hydrogen-bond donors (Lipinski definition) is 1. The van der Waals surface area contributed by atoms with Gasteiger partial charge in [0.2, 0.25) is 0 Å². The van der Waals surface area contributed by atoms with Crippen LogP contribution in [0.25, 0.3) is 0 Å². The maximum atomic E-state index is 11.3. The molecule has 0 aliphatic heterocycles. The van der Waals surface area contributed by atoms with Crippen LogP contribution in [-0.4, -0.2) is 29.5 Å². The maximum absolute atomic E-state index is 11.3. The van der Waals surface area contributed by atoms with Crippen molar-refractivity contribution in [1.82, 2.24) is 0 Å². The van der Waals surface area contributed by atoms with Gasteiger partial charge in [0.05, 0.1) is 0 Å². The average Bonchev–Trinajstić information content (AvgIpc) is 2.30. The van der Waals surface area contributed by atoms with Crippen molar-refractivity contribution in [3.8, 4) is 0 Å². The molecule has 0 saturated heterocycles. The van der Waals surface area contributed by atoms with Gasteiger partial charge in [0.25, 0.3) is 0 Å². The Kier molecular flexibility index (Phi) is 7.18. The van der Waals surface area contributed by atoms with E-state index in [1.165, 1.54) is 17.9 Å². The van der Waals surface area contributed by atoms with Crippen LogP contribution >= 0.6 is 0 Å². The molecule has 0 aromatic heterocycles. The van der Waals surface area contributed by atoms with Crippen LogP contribution < -0.4 is 10.8 Å². The predicted molar refractivity (Wildman–Crippen MR) is 65.4 cm³/mol. The zero-order valence-corrected chi connectivity index (χ0v) is 12.7. The molecule has 0 rings (SSSR count). The second-order valence-corrected chi connectivity index (χ2v) is 4.78. The van der Waals surface area contributed by atoms with Crippen LogP contribution in [0.15, 0.2) is 22.3 Å². The van der Waals surface area contributed by atoms with Crippen molar-refractivity contribution in [3.05, 3.63) is 23.5 Å². The summed E-state index contributed by atoms with van der Waals surface area (Å²) in [6.45, 7) is 5.14. The predicted octanol–water partition coefficient (Wildman–Crippen LogP) is -0.431. The number of ether oxygens (including phenoxy) is 2. The molecule has 0 amide bonds. The van der Waals surface area contributed by atoms with E-state index >= 15 is 0 Å². The van der Waals surface area contributed by atoms with Crippen molar-refractivity contribution in [1.29, 1.82) is 0 Å². The molecule has 0 aromatic rings. The van der Waals surface area contributed by atoms with Gasteiger partial charge in [-0.1, -0.05) is 0 Å². The van der Waals surface area contributed by atoms with E-state index in [1.807, 2.05) is 0 Å². The van der Waals surface area contributed by atoms with Crippen molar-refractivity contribution in [2.75, 3.05) is 7.11 Å². The fourth-order valence-corrected chi connectivity index (χ4v) is 1.14. The Labute approximate surface area is 121 Å². The van der Waals surface area contributed by atoms with Crippen LogP contribution in [0.1, 0.15) is 20.8 Å². The van der Waals surface area contributed by atoms with Crippen molar-refractivity contribution in [3.63, 3.8) is 0 Å². The summed E-state index contributed by atoms with van der Waals surface area (Å²) >= 11 is 2.10. The molecule has 0 aliphatic carbocycles. The molecule has 105 valence electrons. The minimum atomic E-state index is -0.806. The molecule has 0 saturated carbocycles. The van der Waals surface area contributed by atoms with Crippen LogP contribution in [0.3, 0.4) is 0 Å². The van der Waals surface area contributed by atoms with Gasteiger partial charge in [-0.2, -0.15) is 0 Å². The molecule has 0 spiro atoms. The summed E-state index contributed by atoms with van der Waals surface area (Å²) in [7, 11) is 1.25. The van der Waals surface area contributed by atoms with Crippen molar-refractivity contribution < 1.29 is 36.4 Å². The Morgan fingerprint density at radius 1 is 1.47 bits per heavy atom. The number of nitrogens with two attached hydrogens (primary N) is 1. The number of hydrogen-bond acceptors (Lipinski definition) is 6. The number of carbonyl (C=O) groups excluding carboxylic acids is 1. The molecule has 0 radical (unpaired) electrons. The van der Waals surface area contributed by atoms with Gasteiger partial charge < -0.3 is 0 Å². The Balaban J connectivity index is 4.91. The van der Waals surface area contributed by atoms with E-state index in [-0.39, 0.29) is 11.3 Å². The average molecular weight is 303 g/mol. The molecule has 19 heavy (non-hydrogen) atoms. The number of esters is 1. The van der Waals surface area contributed by atoms with Gasteiger partial charge in [0.15, 0.2) is 0 Å². The summed E-state index contributed by atoms with van der Waals surface area (Å²) in [5, 5.41) is 11.3. The third-order valence-electron chi connectivity index (χ3n) is 1.54. The topological polar surface area (TPSA) is 97.0 Å². The third-order valence-corrected chi connectivity index (χ3v) is 1.98. The van der Waals surface area contributed by atoms with Gasteiger partial charge >= 0.3 is 121 Å². The van der Waals surface area contributed by atoms with Gasteiger partial charge in [-0.25, -0.2) is 0 Å². The first-order chi connectivity index (χ1) is 8.69. The van der Waals surface area contributed by atoms with Crippen molar-refractivity contribution >= 4 is 16.8 Å². The van der Waals surface area contributed by atoms with Crippen LogP contribution in [0.5, 0.6) is 0 Å². The van der Waals surface area contributed by atoms with E-state index in [1.54, 1.807) is 20.8 Å². The van der Waals surface area contributed by atoms with Crippen LogP contribution in [0.4, 0.5) is 0 Å². The van der Waals surface area contributed by atoms with E-state index in [0.717, 1.165) is 0 Å². The zero-order chi connectivity index (χ0) is 15.1. The molecule has 6 nitrogen and oxygen atoms in total. The number of rotatable bonds is 4. The van der Waals surface area contributed by atoms with E-state index < -0.39 is 17.7 Å². The third kappa shape index (κ3) is 8.23. The van der Waals surface area contributed by atoms with Crippen LogP contribution in [0, 0.1) is 6.20 Å². The Morgan fingerprint density at radius 2 is 2.05 bits per heavy atom. The van der Waals surface area contributed by atoms with Gasteiger partial charge in [0, 0.05) is 0 Å². The fourth-order valence-electron chi connectivity index (χ4n) is 0.861. The number of carbonyl (C=O) groups is 1. The summed E-state index contributed by atoms with van der Waals surface area (Å²) in [5.74, 6) is -0.553. The van der Waals surface area contributed by atoms with Gasteiger partial charge in [-0.15, -0.1) is 0 Å². The monoisotopic (exact) mass is 303 g/mol. The van der Waals surface area contributed by atoms with E-state index in [0.29, 0.717) is 0 Å². The first kappa shape index (κ1) is 17.5. The quantitative estimate of drug-likeness (QED) is 0.190. The second-order valence-electron chi connectivity index (χ2n) is 4.38. The Morgan fingerprint density at radius 3 is 2.47 bits per heavy atom. The summed E-state index contributed by atoms with van der Waals surface area (Å²) in [4.78, 5) is 14.6. The number of methoxy groups -OCH3 is 1.